The summed E-state index contributed by atoms with van der Waals surface area (Å²) in [6.45, 7) is 7.29. The molecule has 0 radical (unpaired) electrons. The fraction of sp³-hybridized carbons (Fsp3) is 0.647. The third-order valence-corrected chi connectivity index (χ3v) is 5.07. The summed E-state index contributed by atoms with van der Waals surface area (Å²) in [5.41, 5.74) is 0.778. The first-order valence-electron chi connectivity index (χ1n) is 8.19. The second kappa shape index (κ2) is 6.04. The lowest BCUT2D eigenvalue weighted by Crippen LogP contribution is -2.38. The lowest BCUT2D eigenvalue weighted by molar-refractivity contribution is 0.0724. The lowest BCUT2D eigenvalue weighted by atomic mass is 10.0. The van der Waals surface area contributed by atoms with Gasteiger partial charge in [-0.25, -0.2) is 4.98 Å². The summed E-state index contributed by atoms with van der Waals surface area (Å²) in [5, 5.41) is 0. The molecule has 4 nitrogen and oxygen atoms in total. The van der Waals surface area contributed by atoms with Crippen LogP contribution in [0.5, 0.6) is 0 Å². The number of anilines is 1. The molecule has 1 aromatic heterocycles. The number of hydrogen-bond acceptors (Lipinski definition) is 3. The van der Waals surface area contributed by atoms with Gasteiger partial charge in [0.25, 0.3) is 5.91 Å². The second-order valence-electron chi connectivity index (χ2n) is 6.43. The smallest absolute Gasteiger partial charge is 0.257 e. The zero-order chi connectivity index (χ0) is 14.8. The van der Waals surface area contributed by atoms with E-state index in [2.05, 4.69) is 23.7 Å². The Kier molecular flexibility index (Phi) is 4.13. The van der Waals surface area contributed by atoms with Crippen molar-refractivity contribution in [1.29, 1.82) is 0 Å². The third kappa shape index (κ3) is 2.76. The maximum atomic E-state index is 12.8. The Bertz CT molecular complexity index is 511. The summed E-state index contributed by atoms with van der Waals surface area (Å²) in [7, 11) is 0. The first kappa shape index (κ1) is 14.4. The van der Waals surface area contributed by atoms with Crippen LogP contribution in [0.2, 0.25) is 0 Å². The summed E-state index contributed by atoms with van der Waals surface area (Å²) >= 11 is 0. The summed E-state index contributed by atoms with van der Waals surface area (Å²) in [4.78, 5) is 21.7. The number of piperidine rings is 1. The summed E-state index contributed by atoms with van der Waals surface area (Å²) < 4.78 is 0. The minimum Gasteiger partial charge on any atom is -0.353 e. The van der Waals surface area contributed by atoms with Crippen LogP contribution in [0.15, 0.2) is 18.3 Å². The number of carbonyl (C=O) groups is 1. The molecular formula is C17H25N3O. The molecule has 0 bridgehead atoms. The van der Waals surface area contributed by atoms with E-state index < -0.39 is 0 Å². The van der Waals surface area contributed by atoms with Gasteiger partial charge in [-0.2, -0.15) is 0 Å². The van der Waals surface area contributed by atoms with Gasteiger partial charge in [-0.1, -0.05) is 6.92 Å². The van der Waals surface area contributed by atoms with Gasteiger partial charge in [-0.15, -0.1) is 0 Å². The number of amides is 1. The fourth-order valence-electron chi connectivity index (χ4n) is 3.45. The van der Waals surface area contributed by atoms with Crippen LogP contribution in [0.25, 0.3) is 0 Å². The van der Waals surface area contributed by atoms with Crippen LogP contribution in [0, 0.1) is 5.92 Å². The SMILES string of the molecule is CC1CCN(c2ncccc2C(=O)N2CCCCC2)C1C. The average molecular weight is 287 g/mol. The Morgan fingerprint density at radius 1 is 1.19 bits per heavy atom. The van der Waals surface area contributed by atoms with E-state index >= 15 is 0 Å². The predicted molar refractivity (Wildman–Crippen MR) is 84.6 cm³/mol. The molecule has 0 saturated carbocycles. The molecule has 2 aliphatic heterocycles. The van der Waals surface area contributed by atoms with E-state index in [1.165, 1.54) is 12.8 Å². The van der Waals surface area contributed by atoms with Gasteiger partial charge >= 0.3 is 0 Å². The van der Waals surface area contributed by atoms with Gasteiger partial charge in [0, 0.05) is 31.9 Å². The largest absolute Gasteiger partial charge is 0.353 e. The number of aromatic nitrogens is 1. The van der Waals surface area contributed by atoms with Gasteiger partial charge in [-0.3, -0.25) is 4.79 Å². The first-order chi connectivity index (χ1) is 10.2. The topological polar surface area (TPSA) is 36.4 Å². The zero-order valence-electron chi connectivity index (χ0n) is 13.1. The van der Waals surface area contributed by atoms with Crippen LogP contribution in [0.3, 0.4) is 0 Å². The maximum absolute atomic E-state index is 12.8. The molecule has 2 aliphatic rings. The number of nitrogens with zero attached hydrogens (tertiary/aromatic N) is 3. The molecule has 3 heterocycles. The van der Waals surface area contributed by atoms with Gasteiger partial charge < -0.3 is 9.80 Å². The molecule has 2 saturated heterocycles. The second-order valence-corrected chi connectivity index (χ2v) is 6.43. The van der Waals surface area contributed by atoms with Crippen LogP contribution in [-0.4, -0.2) is 41.5 Å². The number of carbonyl (C=O) groups excluding carboxylic acids is 1. The molecule has 0 N–H and O–H groups in total. The standard InChI is InChI=1S/C17H25N3O/c1-13-8-12-20(14(13)2)16-15(7-6-9-18-16)17(21)19-10-4-3-5-11-19/h6-7,9,13-14H,3-5,8,10-12H2,1-2H3. The van der Waals surface area contributed by atoms with E-state index in [4.69, 9.17) is 0 Å². The van der Waals surface area contributed by atoms with Crippen molar-refractivity contribution < 1.29 is 4.79 Å². The first-order valence-corrected chi connectivity index (χ1v) is 8.19. The Balaban J connectivity index is 1.87. The molecule has 1 amide bonds. The molecule has 114 valence electrons. The highest BCUT2D eigenvalue weighted by molar-refractivity contribution is 5.99. The molecular weight excluding hydrogens is 262 g/mol. The zero-order valence-corrected chi connectivity index (χ0v) is 13.1. The number of pyridine rings is 1. The molecule has 21 heavy (non-hydrogen) atoms. The lowest BCUT2D eigenvalue weighted by Gasteiger charge is -2.30. The van der Waals surface area contributed by atoms with Crippen LogP contribution in [-0.2, 0) is 0 Å². The van der Waals surface area contributed by atoms with Gasteiger partial charge in [0.05, 0.1) is 5.56 Å². The van der Waals surface area contributed by atoms with E-state index in [-0.39, 0.29) is 5.91 Å². The maximum Gasteiger partial charge on any atom is 0.257 e. The average Bonchev–Trinajstić information content (AvgIpc) is 2.87. The van der Waals surface area contributed by atoms with E-state index in [1.807, 2.05) is 17.0 Å². The number of hydrogen-bond donors (Lipinski definition) is 0. The monoisotopic (exact) mass is 287 g/mol. The number of rotatable bonds is 2. The minimum absolute atomic E-state index is 0.157. The van der Waals surface area contributed by atoms with Crippen LogP contribution < -0.4 is 4.90 Å². The van der Waals surface area contributed by atoms with Crippen molar-refractivity contribution in [3.8, 4) is 0 Å². The molecule has 2 atom stereocenters. The van der Waals surface area contributed by atoms with E-state index in [0.717, 1.165) is 43.9 Å². The van der Waals surface area contributed by atoms with Crippen molar-refractivity contribution in [3.05, 3.63) is 23.9 Å². The van der Waals surface area contributed by atoms with Gasteiger partial charge in [0.1, 0.15) is 5.82 Å². The summed E-state index contributed by atoms with van der Waals surface area (Å²) in [6.07, 6.45) is 6.47. The third-order valence-electron chi connectivity index (χ3n) is 5.07. The van der Waals surface area contributed by atoms with E-state index in [9.17, 15) is 4.79 Å². The summed E-state index contributed by atoms with van der Waals surface area (Å²) in [5.74, 6) is 1.69. The number of likely N-dealkylation sites (tertiary alicyclic amines) is 1. The molecule has 4 heteroatoms. The van der Waals surface area contributed by atoms with Gasteiger partial charge in [-0.05, 0) is 50.7 Å². The van der Waals surface area contributed by atoms with E-state index in [1.54, 1.807) is 6.20 Å². The highest BCUT2D eigenvalue weighted by atomic mass is 16.2. The Morgan fingerprint density at radius 2 is 1.95 bits per heavy atom. The predicted octanol–water partition coefficient (Wildman–Crippen LogP) is 2.94. The van der Waals surface area contributed by atoms with Crippen molar-refractivity contribution >= 4 is 11.7 Å². The Labute approximate surface area is 127 Å². The minimum atomic E-state index is 0.157. The van der Waals surface area contributed by atoms with Crippen LogP contribution >= 0.6 is 0 Å². The van der Waals surface area contributed by atoms with Crippen molar-refractivity contribution in [2.75, 3.05) is 24.5 Å². The molecule has 0 spiro atoms. The van der Waals surface area contributed by atoms with Crippen LogP contribution in [0.4, 0.5) is 5.82 Å². The van der Waals surface area contributed by atoms with Crippen molar-refractivity contribution in [1.82, 2.24) is 9.88 Å². The Morgan fingerprint density at radius 3 is 2.62 bits per heavy atom. The van der Waals surface area contributed by atoms with Gasteiger partial charge in [0.15, 0.2) is 0 Å². The van der Waals surface area contributed by atoms with Gasteiger partial charge in [0.2, 0.25) is 0 Å². The quantitative estimate of drug-likeness (QED) is 0.839. The molecule has 2 fully saturated rings. The van der Waals surface area contributed by atoms with Crippen molar-refractivity contribution in [3.63, 3.8) is 0 Å². The van der Waals surface area contributed by atoms with Crippen LogP contribution in [0.1, 0.15) is 49.9 Å². The molecule has 3 rings (SSSR count). The molecule has 2 unspecified atom stereocenters. The summed E-state index contributed by atoms with van der Waals surface area (Å²) in [6, 6.07) is 4.27. The molecule has 0 aliphatic carbocycles. The highest BCUT2D eigenvalue weighted by Gasteiger charge is 2.31. The highest BCUT2D eigenvalue weighted by Crippen LogP contribution is 2.31. The fourth-order valence-corrected chi connectivity index (χ4v) is 3.45. The molecule has 1 aromatic rings. The van der Waals surface area contributed by atoms with E-state index in [0.29, 0.717) is 12.0 Å². The Hall–Kier alpha value is -1.58. The normalized spacial score (nSPS) is 26.2. The van der Waals surface area contributed by atoms with Crippen molar-refractivity contribution in [2.24, 2.45) is 5.92 Å². The molecule has 0 aromatic carbocycles. The van der Waals surface area contributed by atoms with Crippen molar-refractivity contribution in [2.45, 2.75) is 45.6 Å².